The molecule has 9 nitrogen and oxygen atoms in total. The van der Waals surface area contributed by atoms with Crippen LogP contribution in [0.5, 0.6) is 5.75 Å². The van der Waals surface area contributed by atoms with Gasteiger partial charge in [0, 0.05) is 55.4 Å². The van der Waals surface area contributed by atoms with Gasteiger partial charge in [0.15, 0.2) is 5.82 Å². The quantitative estimate of drug-likeness (QED) is 0.366. The summed E-state index contributed by atoms with van der Waals surface area (Å²) in [6.07, 6.45) is 4.99. The number of hydrogen-bond acceptors (Lipinski definition) is 7. The van der Waals surface area contributed by atoms with Crippen LogP contribution in [0.25, 0.3) is 22.2 Å². The Bertz CT molecular complexity index is 1670. The number of carbonyl (C=O) groups is 1. The molecular formula is C29H26F2N6O3. The van der Waals surface area contributed by atoms with Gasteiger partial charge in [0.25, 0.3) is 5.91 Å². The van der Waals surface area contributed by atoms with E-state index in [9.17, 15) is 23.9 Å². The summed E-state index contributed by atoms with van der Waals surface area (Å²) in [5, 5.41) is 22.7. The second kappa shape index (κ2) is 9.34. The van der Waals surface area contributed by atoms with E-state index in [4.69, 9.17) is 9.72 Å². The first kappa shape index (κ1) is 25.8. The maximum absolute atomic E-state index is 13.3. The van der Waals surface area contributed by atoms with Crippen LogP contribution in [0, 0.1) is 16.7 Å². The number of carbonyl (C=O) groups excluding carboxylic acids is 1. The molecule has 4 aromatic rings. The summed E-state index contributed by atoms with van der Waals surface area (Å²) in [6.45, 7) is -1.24. The Morgan fingerprint density at radius 1 is 1.23 bits per heavy atom. The lowest BCUT2D eigenvalue weighted by molar-refractivity contribution is -0.109. The molecule has 2 aliphatic rings. The first-order valence-electron chi connectivity index (χ1n) is 12.9. The molecule has 40 heavy (non-hydrogen) atoms. The predicted molar refractivity (Wildman–Crippen MR) is 141 cm³/mol. The maximum atomic E-state index is 13.3. The van der Waals surface area contributed by atoms with Crippen LogP contribution in [0.2, 0.25) is 0 Å². The summed E-state index contributed by atoms with van der Waals surface area (Å²) in [4.78, 5) is 26.3. The zero-order chi connectivity index (χ0) is 28.2. The number of imidazole rings is 1. The summed E-state index contributed by atoms with van der Waals surface area (Å²) in [7, 11) is 1.49. The van der Waals surface area contributed by atoms with Gasteiger partial charge in [0.05, 0.1) is 28.6 Å². The minimum absolute atomic E-state index is 0.0441. The molecule has 2 N–H and O–H groups in total. The lowest BCUT2D eigenvalue weighted by Gasteiger charge is -2.46. The summed E-state index contributed by atoms with van der Waals surface area (Å²) in [5.41, 5.74) is 1.87. The van der Waals surface area contributed by atoms with Crippen molar-refractivity contribution >= 4 is 16.9 Å². The lowest BCUT2D eigenvalue weighted by atomic mass is 9.60. The molecular weight excluding hydrogens is 518 g/mol. The molecule has 11 heteroatoms. The normalized spacial score (nSPS) is 23.5. The van der Waals surface area contributed by atoms with E-state index in [0.29, 0.717) is 24.0 Å². The van der Waals surface area contributed by atoms with Gasteiger partial charge in [-0.05, 0) is 43.2 Å². The second-order valence-electron chi connectivity index (χ2n) is 10.7. The van der Waals surface area contributed by atoms with Crippen molar-refractivity contribution in [2.24, 2.45) is 5.41 Å². The van der Waals surface area contributed by atoms with Gasteiger partial charge in [-0.2, -0.15) is 14.0 Å². The van der Waals surface area contributed by atoms with Crippen molar-refractivity contribution in [3.63, 3.8) is 0 Å². The number of benzene rings is 2. The van der Waals surface area contributed by atoms with Crippen LogP contribution in [-0.4, -0.2) is 44.2 Å². The minimum Gasteiger partial charge on any atom is -0.434 e. The van der Waals surface area contributed by atoms with Crippen LogP contribution in [-0.2, 0) is 12.0 Å². The zero-order valence-electron chi connectivity index (χ0n) is 21.9. The number of nitrogens with zero attached hydrogens (tertiary/aromatic N) is 5. The van der Waals surface area contributed by atoms with Gasteiger partial charge in [-0.3, -0.25) is 4.79 Å². The number of amides is 1. The topological polar surface area (TPSA) is 126 Å². The Balaban J connectivity index is 1.39. The smallest absolute Gasteiger partial charge is 0.387 e. The number of alkyl halides is 2. The molecule has 2 aromatic heterocycles. The molecule has 1 atom stereocenters. The van der Waals surface area contributed by atoms with Crippen LogP contribution in [0.3, 0.4) is 0 Å². The lowest BCUT2D eigenvalue weighted by Crippen LogP contribution is -2.48. The van der Waals surface area contributed by atoms with Crippen LogP contribution in [0.1, 0.15) is 59.8 Å². The molecule has 0 saturated heterocycles. The molecule has 204 valence electrons. The number of hydrogen-bond donors (Lipinski definition) is 2. The van der Waals surface area contributed by atoms with Gasteiger partial charge < -0.3 is 19.7 Å². The SMILES string of the molecule is CNC(=O)c1cccc(OC(F)F)c1[C@H]1CCc2nc3ccc(-c4cnc([C@]5(O)C[C@@](C)(C#N)C5)nc4)cc3n21. The molecule has 3 heterocycles. The third kappa shape index (κ3) is 4.16. The summed E-state index contributed by atoms with van der Waals surface area (Å²) in [5.74, 6) is 0.630. The van der Waals surface area contributed by atoms with Gasteiger partial charge in [-0.15, -0.1) is 0 Å². The van der Waals surface area contributed by atoms with E-state index < -0.39 is 29.6 Å². The highest BCUT2D eigenvalue weighted by Gasteiger charge is 2.54. The zero-order valence-corrected chi connectivity index (χ0v) is 21.9. The van der Waals surface area contributed by atoms with Gasteiger partial charge in [0.2, 0.25) is 0 Å². The third-order valence-corrected chi connectivity index (χ3v) is 7.84. The Kier molecular flexibility index (Phi) is 6.03. The molecule has 2 aromatic carbocycles. The Hall–Kier alpha value is -4.43. The van der Waals surface area contributed by atoms with Crippen molar-refractivity contribution in [3.05, 3.63) is 71.6 Å². The Morgan fingerprint density at radius 2 is 1.98 bits per heavy atom. The molecule has 0 unspecified atom stereocenters. The minimum atomic E-state index is -3.04. The monoisotopic (exact) mass is 544 g/mol. The maximum Gasteiger partial charge on any atom is 0.387 e. The number of ether oxygens (including phenoxy) is 1. The number of rotatable bonds is 6. The number of halogens is 2. The molecule has 1 amide bonds. The van der Waals surface area contributed by atoms with E-state index in [1.54, 1.807) is 25.4 Å². The van der Waals surface area contributed by atoms with Crippen molar-refractivity contribution in [3.8, 4) is 22.9 Å². The molecule has 0 radical (unpaired) electrons. The fraction of sp³-hybridized carbons (Fsp3) is 0.345. The predicted octanol–water partition coefficient (Wildman–Crippen LogP) is 4.50. The van der Waals surface area contributed by atoms with Crippen molar-refractivity contribution < 1.29 is 23.4 Å². The Morgan fingerprint density at radius 3 is 2.65 bits per heavy atom. The van der Waals surface area contributed by atoms with Crippen molar-refractivity contribution in [2.75, 3.05) is 7.05 Å². The highest BCUT2D eigenvalue weighted by molar-refractivity contribution is 5.96. The number of aliphatic hydroxyl groups is 1. The summed E-state index contributed by atoms with van der Waals surface area (Å²) < 4.78 is 33.5. The second-order valence-corrected chi connectivity index (χ2v) is 10.7. The molecule has 6 rings (SSSR count). The molecule has 1 saturated carbocycles. The van der Waals surface area contributed by atoms with Crippen LogP contribution >= 0.6 is 0 Å². The largest absolute Gasteiger partial charge is 0.434 e. The number of aromatic nitrogens is 4. The third-order valence-electron chi connectivity index (χ3n) is 7.84. The van der Waals surface area contributed by atoms with Gasteiger partial charge in [-0.25, -0.2) is 15.0 Å². The van der Waals surface area contributed by atoms with Gasteiger partial charge >= 0.3 is 6.61 Å². The summed E-state index contributed by atoms with van der Waals surface area (Å²) in [6, 6.07) is 12.1. The van der Waals surface area contributed by atoms with Crippen LogP contribution in [0.4, 0.5) is 8.78 Å². The van der Waals surface area contributed by atoms with E-state index in [1.807, 2.05) is 22.8 Å². The average molecular weight is 545 g/mol. The number of nitriles is 1. The average Bonchev–Trinajstić information content (AvgIpc) is 3.50. The number of nitrogens with one attached hydrogen (secondary N) is 1. The van der Waals surface area contributed by atoms with E-state index in [1.165, 1.54) is 19.2 Å². The fourth-order valence-corrected chi connectivity index (χ4v) is 6.13. The van der Waals surface area contributed by atoms with E-state index in [2.05, 4.69) is 21.4 Å². The first-order chi connectivity index (χ1) is 19.1. The Labute approximate surface area is 228 Å². The van der Waals surface area contributed by atoms with E-state index >= 15 is 0 Å². The van der Waals surface area contributed by atoms with Gasteiger partial charge in [-0.1, -0.05) is 12.1 Å². The number of fused-ring (bicyclic) bond motifs is 3. The van der Waals surface area contributed by atoms with Crippen molar-refractivity contribution in [1.82, 2.24) is 24.8 Å². The van der Waals surface area contributed by atoms with Crippen molar-refractivity contribution in [2.45, 2.75) is 50.9 Å². The van der Waals surface area contributed by atoms with Crippen molar-refractivity contribution in [1.29, 1.82) is 5.26 Å². The molecule has 1 aliphatic heterocycles. The highest BCUT2D eigenvalue weighted by Crippen LogP contribution is 2.52. The summed E-state index contributed by atoms with van der Waals surface area (Å²) >= 11 is 0. The highest BCUT2D eigenvalue weighted by atomic mass is 19.3. The van der Waals surface area contributed by atoms with E-state index in [0.717, 1.165) is 22.4 Å². The molecule has 0 spiro atoms. The molecule has 1 fully saturated rings. The standard InChI is InChI=1S/C29H26F2N6O3/c1-28(15-32)13-29(39,14-28)26-34-11-17(12-35-26)16-6-7-19-21(10-16)37-20(8-9-23(37)36-19)24-18(25(38)33-2)4-3-5-22(24)40-27(30)31/h3-7,10-12,20,27,39H,8-9,13-14H2,1-2H3,(H,33,38)/t20-,28-,29+/m1/s1. The molecule has 0 bridgehead atoms. The first-order valence-corrected chi connectivity index (χ1v) is 12.9. The fourth-order valence-electron chi connectivity index (χ4n) is 6.13. The number of aryl methyl sites for hydroxylation is 1. The molecule has 1 aliphatic carbocycles. The van der Waals surface area contributed by atoms with E-state index in [-0.39, 0.29) is 30.0 Å². The van der Waals surface area contributed by atoms with Crippen LogP contribution < -0.4 is 10.1 Å². The van der Waals surface area contributed by atoms with Crippen LogP contribution in [0.15, 0.2) is 48.8 Å². The van der Waals surface area contributed by atoms with Gasteiger partial charge in [0.1, 0.15) is 17.2 Å².